The Morgan fingerprint density at radius 3 is 2.21 bits per heavy atom. The normalized spacial score (nSPS) is 14.2. The molecule has 34 heteroatoms. The summed E-state index contributed by atoms with van der Waals surface area (Å²) in [5.74, 6) is -6.16. The van der Waals surface area contributed by atoms with Crippen LogP contribution in [0.15, 0.2) is 134 Å². The summed E-state index contributed by atoms with van der Waals surface area (Å²) >= 11 is 8.55. The number of aromatic hydroxyl groups is 1. The van der Waals surface area contributed by atoms with Gasteiger partial charge in [0.1, 0.15) is 66.3 Å². The molecule has 28 nitrogen and oxygen atoms in total. The van der Waals surface area contributed by atoms with E-state index in [2.05, 4.69) is 53.2 Å². The fourth-order valence-electron chi connectivity index (χ4n) is 12.0. The molecule has 5 heterocycles. The summed E-state index contributed by atoms with van der Waals surface area (Å²) < 4.78 is 76.8. The lowest BCUT2D eigenvalue weighted by molar-refractivity contribution is -0.926. The third-order valence-corrected chi connectivity index (χ3v) is 19.5. The number of urea groups is 1. The number of piperazine rings is 1. The number of ether oxygens (including phenoxy) is 5. The van der Waals surface area contributed by atoms with E-state index in [1.54, 1.807) is 80.7 Å². The van der Waals surface area contributed by atoms with Crippen molar-refractivity contribution in [2.24, 2.45) is 11.7 Å². The predicted octanol–water partition coefficient (Wildman–Crippen LogP) is 7.94. The van der Waals surface area contributed by atoms with Crippen molar-refractivity contribution in [2.75, 3.05) is 85.1 Å². The lowest BCUT2D eigenvalue weighted by Gasteiger charge is -2.42. The lowest BCUT2D eigenvalue weighted by atomic mass is 9.96. The number of carboxylic acids is 2. The molecule has 0 unspecified atom stereocenters. The Labute approximate surface area is 638 Å². The quantitative estimate of drug-likeness (QED) is 0.00870. The first-order valence-electron chi connectivity index (χ1n) is 34.7. The molecule has 0 bridgehead atoms. The monoisotopic (exact) mass is 1560 g/mol. The fraction of sp³-hybridized carbons (Fsp3) is 0.342. The van der Waals surface area contributed by atoms with Crippen molar-refractivity contribution in [3.63, 3.8) is 0 Å². The van der Waals surface area contributed by atoms with Crippen LogP contribution in [0.1, 0.15) is 55.5 Å². The topological polar surface area (TPSA) is 378 Å². The summed E-state index contributed by atoms with van der Waals surface area (Å²) in [5.41, 5.74) is 10.9. The number of aromatic nitrogens is 4. The van der Waals surface area contributed by atoms with Crippen LogP contribution in [0, 0.1) is 18.7 Å². The van der Waals surface area contributed by atoms with Crippen molar-refractivity contribution in [3.8, 4) is 61.8 Å². The average molecular weight is 1560 g/mol. The van der Waals surface area contributed by atoms with Gasteiger partial charge in [0.05, 0.1) is 68.7 Å². The van der Waals surface area contributed by atoms with E-state index in [-0.39, 0.29) is 75.5 Å². The number of phenols is 1. The van der Waals surface area contributed by atoms with Gasteiger partial charge in [-0.2, -0.15) is 13.2 Å². The second-order valence-electron chi connectivity index (χ2n) is 26.2. The van der Waals surface area contributed by atoms with E-state index in [0.717, 1.165) is 47.7 Å². The Hall–Kier alpha value is -11.4. The minimum Gasteiger partial charge on any atom is -0.542 e. The van der Waals surface area contributed by atoms with E-state index in [1.165, 1.54) is 55.1 Å². The highest BCUT2D eigenvalue weighted by molar-refractivity contribution is 7.22. The van der Waals surface area contributed by atoms with Crippen LogP contribution >= 0.6 is 22.9 Å². The minimum absolute atomic E-state index is 0.00686. The molecule has 1 fully saturated rings. The van der Waals surface area contributed by atoms with Crippen LogP contribution in [-0.2, 0) is 57.9 Å². The summed E-state index contributed by atoms with van der Waals surface area (Å²) in [7, 11) is 3.65. The number of fused-ring (bicyclic) bond motifs is 1. The maximum Gasteiger partial charge on any atom is 0.430 e. The first-order chi connectivity index (χ1) is 52.5. The van der Waals surface area contributed by atoms with Gasteiger partial charge in [0.15, 0.2) is 17.3 Å². The van der Waals surface area contributed by atoms with Crippen molar-refractivity contribution < 1.29 is 99.4 Å². The number of hydrogen-bond acceptors (Lipinski definition) is 21. The largest absolute Gasteiger partial charge is 0.542 e. The molecule has 5 aromatic carbocycles. The number of alkyl halides is 3. The zero-order valence-corrected chi connectivity index (χ0v) is 62.0. The van der Waals surface area contributed by atoms with Crippen LogP contribution in [0.3, 0.4) is 0 Å². The Bertz CT molecular complexity index is 4640. The number of phenolic OH excluding ortho intramolecular Hbond substituents is 1. The summed E-state index contributed by atoms with van der Waals surface area (Å²) in [4.78, 5) is 120. The molecular formula is C76H81ClF4N12O16S. The van der Waals surface area contributed by atoms with E-state index in [0.29, 0.717) is 102 Å². The van der Waals surface area contributed by atoms with Gasteiger partial charge in [0.2, 0.25) is 29.7 Å². The second-order valence-corrected chi connectivity index (χ2v) is 27.6. The lowest BCUT2D eigenvalue weighted by Crippen LogP contribution is -2.57. The number of hydrogen-bond donors (Lipinski definition) is 7. The maximum absolute atomic E-state index is 14.5. The number of thiophene rings is 1. The number of carbonyl (C=O) groups is 8. The van der Waals surface area contributed by atoms with E-state index in [9.17, 15) is 61.3 Å². The molecule has 7 amide bonds. The number of rotatable bonds is 34. The number of halogens is 5. The van der Waals surface area contributed by atoms with Crippen molar-refractivity contribution in [1.29, 1.82) is 0 Å². The molecule has 1 saturated heterocycles. The van der Waals surface area contributed by atoms with E-state index < -0.39 is 77.7 Å². The zero-order valence-electron chi connectivity index (χ0n) is 60.4. The number of para-hydroxylation sites is 2. The van der Waals surface area contributed by atoms with E-state index in [1.807, 2.05) is 37.3 Å². The summed E-state index contributed by atoms with van der Waals surface area (Å²) in [6.45, 7) is 10.5. The van der Waals surface area contributed by atoms with Gasteiger partial charge in [-0.1, -0.05) is 80.0 Å². The van der Waals surface area contributed by atoms with Gasteiger partial charge in [-0.05, 0) is 103 Å². The number of methoxy groups -OCH3 is 1. The van der Waals surface area contributed by atoms with Gasteiger partial charge in [-0.3, -0.25) is 33.8 Å². The maximum atomic E-state index is 14.5. The fourth-order valence-corrected chi connectivity index (χ4v) is 13.4. The molecule has 0 saturated carbocycles. The van der Waals surface area contributed by atoms with Crippen LogP contribution in [0.5, 0.6) is 28.9 Å². The molecule has 8 N–H and O–H groups in total. The zero-order chi connectivity index (χ0) is 79.4. The van der Waals surface area contributed by atoms with Crippen molar-refractivity contribution in [1.82, 2.24) is 45.7 Å². The molecule has 10 rings (SSSR count). The molecular weight excluding hydrogens is 1480 g/mol. The third-order valence-electron chi connectivity index (χ3n) is 17.9. The average Bonchev–Trinajstić information content (AvgIpc) is 1.58. The number of likely N-dealkylation sites (N-methyl/N-ethyl adjacent to an activating group) is 1. The number of aliphatic carboxylic acids is 2. The van der Waals surface area contributed by atoms with Crippen molar-refractivity contribution in [2.45, 2.75) is 84.0 Å². The van der Waals surface area contributed by atoms with E-state index in [4.69, 9.17) is 50.9 Å². The number of quaternary nitrogens is 1. The second kappa shape index (κ2) is 38.1. The van der Waals surface area contributed by atoms with Gasteiger partial charge < -0.3 is 75.3 Å². The van der Waals surface area contributed by atoms with Gasteiger partial charge in [0, 0.05) is 79.1 Å². The number of nitrogens with one attached hydrogen (secondary N) is 4. The number of nitrogens with zero attached hydrogens (tertiary/aromatic N) is 7. The smallest absolute Gasteiger partial charge is 0.430 e. The standard InChI is InChI=1S/C74H80ClFN12O14S.C2HF3O2/c1-44(2)65(85-59(90)28-37-99-38-34-87-60(91)25-26-61(87)92)70(94)84-54(12-9-29-79-74(77)97)69(93)83-50-21-15-46(16-22-50)41-88(4)35-31-86(32-36-88)33-39-100-57-24-23-52(45(3)64(57)75)62-63-71(80-43-81-72(63)103-67(62)47-17-19-49(76)20-18-47)102-58(73(95)96)40-48-10-6-7-14-56(48)101-42-51-27-30-78-68(82-51)53-11-8-13-55(89)66(53)98-5;3-2(4,5)1(6)7/h6-8,10-11,13-27,30,43-44,54,58,65H,9,12,28-29,31-42H2,1-5H3,(H7-,77,79,83,84,85,89,90,93,94,95,96,97);(H,6,7)/t54-,58+,65-;/m0./s1. The van der Waals surface area contributed by atoms with Gasteiger partial charge in [-0.25, -0.2) is 33.9 Å². The Morgan fingerprint density at radius 1 is 0.827 bits per heavy atom. The molecule has 3 aromatic heterocycles. The predicted molar refractivity (Wildman–Crippen MR) is 395 cm³/mol. The highest BCUT2D eigenvalue weighted by Crippen LogP contribution is 2.50. The third kappa shape index (κ3) is 22.4. The number of anilines is 1. The summed E-state index contributed by atoms with van der Waals surface area (Å²) in [6.07, 6.45) is -1.23. The Morgan fingerprint density at radius 2 is 1.54 bits per heavy atom. The van der Waals surface area contributed by atoms with Gasteiger partial charge in [-0.15, -0.1) is 11.3 Å². The van der Waals surface area contributed by atoms with Crippen LogP contribution < -0.4 is 51.1 Å². The summed E-state index contributed by atoms with van der Waals surface area (Å²) in [6, 6.07) is 28.1. The van der Waals surface area contributed by atoms with Crippen LogP contribution in [-0.4, -0.2) is 196 Å². The van der Waals surface area contributed by atoms with Crippen LogP contribution in [0.4, 0.5) is 28.0 Å². The van der Waals surface area contributed by atoms with Gasteiger partial charge in [0.25, 0.3) is 11.8 Å². The van der Waals surface area contributed by atoms with E-state index >= 15 is 0 Å². The number of amides is 7. The number of nitrogens with two attached hydrogens (primary N) is 1. The molecule has 110 heavy (non-hydrogen) atoms. The van der Waals surface area contributed by atoms with Crippen molar-refractivity contribution in [3.05, 3.63) is 167 Å². The molecule has 0 radical (unpaired) electrons. The van der Waals surface area contributed by atoms with Crippen molar-refractivity contribution >= 4 is 86.3 Å². The molecule has 2 aliphatic rings. The Kier molecular flexibility index (Phi) is 28.6. The Balaban J connectivity index is 0.00000189. The number of carbonyl (C=O) groups excluding carboxylic acids is 7. The molecule has 582 valence electrons. The molecule has 2 aliphatic heterocycles. The molecule has 3 atom stereocenters. The molecule has 0 aliphatic carbocycles. The van der Waals surface area contributed by atoms with Crippen LogP contribution in [0.25, 0.3) is 43.2 Å². The highest BCUT2D eigenvalue weighted by Gasteiger charge is 2.34. The van der Waals surface area contributed by atoms with Gasteiger partial charge >= 0.3 is 18.2 Å². The SMILES string of the molecule is COc1c(O)cccc1-c1nccc(COc2ccccc2C[C@@H](Oc2ncnc3sc(-c4ccc(F)cc4)c(-c4ccc(OCCN5CC[N+](C)(Cc6ccc(NC(=O)[C@H](CCCNC(N)=O)NC(=O)[C@@H](NC(=O)CCOCCN7C(=O)C=CC7=O)C(C)C)cc6)CC5)c(Cl)c4C)c23)C(=O)O)n1.O=C([O-])C(F)(F)F. The first-order valence-corrected chi connectivity index (χ1v) is 35.9. The number of imide groups is 1. The first kappa shape index (κ1) is 82.7. The number of carboxylic acid groups (broad SMARTS) is 2. The number of primary amides is 1. The molecule has 0 spiro atoms. The van der Waals surface area contributed by atoms with Crippen LogP contribution in [0.2, 0.25) is 5.02 Å². The molecule has 8 aromatic rings. The summed E-state index contributed by atoms with van der Waals surface area (Å²) in [5, 5.41) is 41.7. The number of benzene rings is 5. The highest BCUT2D eigenvalue weighted by atomic mass is 35.5. The minimum atomic E-state index is -5.19.